The molecule has 0 aromatic heterocycles. The molecule has 0 fully saturated rings. The van der Waals surface area contributed by atoms with Crippen molar-refractivity contribution in [2.75, 3.05) is 19.7 Å². The fraction of sp³-hybridized carbons (Fsp3) is 0.588. The molecular formula is C17H27ClN2O2. The van der Waals surface area contributed by atoms with Gasteiger partial charge in [0.15, 0.2) is 0 Å². The van der Waals surface area contributed by atoms with Gasteiger partial charge in [0.1, 0.15) is 5.75 Å². The lowest BCUT2D eigenvalue weighted by molar-refractivity contribution is -0.131. The zero-order valence-electron chi connectivity index (χ0n) is 13.5. The Morgan fingerprint density at radius 3 is 2.73 bits per heavy atom. The molecule has 1 aliphatic rings. The molecule has 1 heterocycles. The standard InChI is InChI=1S/C17H26N2O2.ClH/c1-3-17(4-2,12-18)16(20)19-9-7-13-5-6-15-14(11-13)8-10-21-15;/h5-6,11H,3-4,7-10,12,18H2,1-2H3,(H,19,20);1H. The third-order valence-corrected chi connectivity index (χ3v) is 4.68. The van der Waals surface area contributed by atoms with E-state index in [1.807, 2.05) is 19.9 Å². The third-order valence-electron chi connectivity index (χ3n) is 4.68. The number of carbonyl (C=O) groups is 1. The van der Waals surface area contributed by atoms with E-state index >= 15 is 0 Å². The Morgan fingerprint density at radius 2 is 2.09 bits per heavy atom. The van der Waals surface area contributed by atoms with Crippen LogP contribution in [0, 0.1) is 5.41 Å². The number of rotatable bonds is 7. The average molecular weight is 327 g/mol. The molecule has 1 amide bonds. The predicted octanol–water partition coefficient (Wildman–Crippen LogP) is 2.47. The highest BCUT2D eigenvalue weighted by molar-refractivity contribution is 5.85. The Hall–Kier alpha value is -1.26. The number of ether oxygens (including phenoxy) is 1. The SMILES string of the molecule is CCC(CC)(CN)C(=O)NCCc1ccc2c(c1)CCO2.Cl. The maximum absolute atomic E-state index is 12.3. The monoisotopic (exact) mass is 326 g/mol. The van der Waals surface area contributed by atoms with Crippen LogP contribution in [0.3, 0.4) is 0 Å². The van der Waals surface area contributed by atoms with Gasteiger partial charge in [-0.3, -0.25) is 4.79 Å². The third kappa shape index (κ3) is 3.93. The van der Waals surface area contributed by atoms with Gasteiger partial charge in [-0.2, -0.15) is 0 Å². The summed E-state index contributed by atoms with van der Waals surface area (Å²) in [6.07, 6.45) is 3.38. The lowest BCUT2D eigenvalue weighted by Gasteiger charge is -2.28. The van der Waals surface area contributed by atoms with Crippen molar-refractivity contribution in [1.82, 2.24) is 5.32 Å². The van der Waals surface area contributed by atoms with Crippen molar-refractivity contribution in [3.05, 3.63) is 29.3 Å². The first-order valence-corrected chi connectivity index (χ1v) is 7.88. The van der Waals surface area contributed by atoms with Crippen molar-refractivity contribution >= 4 is 18.3 Å². The zero-order chi connectivity index (χ0) is 15.3. The lowest BCUT2D eigenvalue weighted by Crippen LogP contribution is -2.45. The number of carbonyl (C=O) groups excluding carboxylic acids is 1. The van der Waals surface area contributed by atoms with E-state index < -0.39 is 5.41 Å². The first-order valence-electron chi connectivity index (χ1n) is 7.88. The molecule has 0 atom stereocenters. The van der Waals surface area contributed by atoms with Crippen molar-refractivity contribution < 1.29 is 9.53 Å². The van der Waals surface area contributed by atoms with E-state index in [2.05, 4.69) is 17.4 Å². The second-order valence-corrected chi connectivity index (χ2v) is 5.74. The van der Waals surface area contributed by atoms with E-state index in [9.17, 15) is 4.79 Å². The van der Waals surface area contributed by atoms with Gasteiger partial charge in [-0.1, -0.05) is 26.0 Å². The van der Waals surface area contributed by atoms with E-state index in [0.29, 0.717) is 13.1 Å². The number of halogens is 1. The fourth-order valence-corrected chi connectivity index (χ4v) is 2.86. The van der Waals surface area contributed by atoms with Crippen LogP contribution in [0.2, 0.25) is 0 Å². The van der Waals surface area contributed by atoms with Crippen LogP contribution in [0.5, 0.6) is 5.75 Å². The predicted molar refractivity (Wildman–Crippen MR) is 91.7 cm³/mol. The molecule has 0 bridgehead atoms. The van der Waals surface area contributed by atoms with Crippen LogP contribution in [0.25, 0.3) is 0 Å². The quantitative estimate of drug-likeness (QED) is 0.809. The first kappa shape index (κ1) is 18.8. The normalized spacial score (nSPS) is 13.0. The van der Waals surface area contributed by atoms with Crippen molar-refractivity contribution in [3.8, 4) is 5.75 Å². The summed E-state index contributed by atoms with van der Waals surface area (Å²) in [4.78, 5) is 12.3. The van der Waals surface area contributed by atoms with Crippen LogP contribution in [0.1, 0.15) is 37.8 Å². The minimum absolute atomic E-state index is 0. The van der Waals surface area contributed by atoms with Crippen LogP contribution in [0.4, 0.5) is 0 Å². The summed E-state index contributed by atoms with van der Waals surface area (Å²) in [5.74, 6) is 1.08. The van der Waals surface area contributed by atoms with Crippen molar-refractivity contribution in [2.24, 2.45) is 11.1 Å². The van der Waals surface area contributed by atoms with Crippen molar-refractivity contribution in [2.45, 2.75) is 39.5 Å². The number of benzene rings is 1. The minimum Gasteiger partial charge on any atom is -0.493 e. The number of fused-ring (bicyclic) bond motifs is 1. The second kappa shape index (κ2) is 8.39. The molecular weight excluding hydrogens is 300 g/mol. The zero-order valence-corrected chi connectivity index (χ0v) is 14.3. The molecule has 0 radical (unpaired) electrons. The summed E-state index contributed by atoms with van der Waals surface area (Å²) in [6.45, 7) is 5.89. The van der Waals surface area contributed by atoms with Crippen LogP contribution < -0.4 is 15.8 Å². The Morgan fingerprint density at radius 1 is 1.36 bits per heavy atom. The van der Waals surface area contributed by atoms with Gasteiger partial charge in [-0.15, -0.1) is 12.4 Å². The molecule has 3 N–H and O–H groups in total. The second-order valence-electron chi connectivity index (χ2n) is 5.74. The average Bonchev–Trinajstić information content (AvgIpc) is 2.97. The highest BCUT2D eigenvalue weighted by Gasteiger charge is 2.32. The van der Waals surface area contributed by atoms with Gasteiger partial charge in [-0.25, -0.2) is 0 Å². The molecule has 0 saturated heterocycles. The highest BCUT2D eigenvalue weighted by Crippen LogP contribution is 2.26. The summed E-state index contributed by atoms with van der Waals surface area (Å²) in [5, 5.41) is 3.04. The Bertz CT molecular complexity index is 493. The Labute approximate surface area is 139 Å². The number of hydrogen-bond acceptors (Lipinski definition) is 3. The van der Waals surface area contributed by atoms with Crippen molar-refractivity contribution in [1.29, 1.82) is 0 Å². The molecule has 0 aliphatic carbocycles. The number of nitrogens with two attached hydrogens (primary N) is 1. The molecule has 0 spiro atoms. The fourth-order valence-electron chi connectivity index (χ4n) is 2.86. The Kier molecular flexibility index (Phi) is 7.17. The topological polar surface area (TPSA) is 64.4 Å². The van der Waals surface area contributed by atoms with Gasteiger partial charge in [0.05, 0.1) is 12.0 Å². The Balaban J connectivity index is 0.00000242. The molecule has 1 aromatic rings. The maximum Gasteiger partial charge on any atom is 0.227 e. The lowest BCUT2D eigenvalue weighted by atomic mass is 9.81. The summed E-state index contributed by atoms with van der Waals surface area (Å²) in [5.41, 5.74) is 7.91. The van der Waals surface area contributed by atoms with Gasteiger partial charge < -0.3 is 15.8 Å². The maximum atomic E-state index is 12.3. The first-order chi connectivity index (χ1) is 10.1. The minimum atomic E-state index is -0.411. The van der Waals surface area contributed by atoms with E-state index in [1.165, 1.54) is 11.1 Å². The van der Waals surface area contributed by atoms with Gasteiger partial charge >= 0.3 is 0 Å². The van der Waals surface area contributed by atoms with Crippen molar-refractivity contribution in [3.63, 3.8) is 0 Å². The van der Waals surface area contributed by atoms with E-state index in [0.717, 1.165) is 38.0 Å². The molecule has 5 heteroatoms. The molecule has 22 heavy (non-hydrogen) atoms. The van der Waals surface area contributed by atoms with Crippen LogP contribution in [-0.2, 0) is 17.6 Å². The number of hydrogen-bond donors (Lipinski definition) is 2. The van der Waals surface area contributed by atoms with Crippen LogP contribution in [-0.4, -0.2) is 25.6 Å². The summed E-state index contributed by atoms with van der Waals surface area (Å²) in [7, 11) is 0. The van der Waals surface area contributed by atoms with E-state index in [1.54, 1.807) is 0 Å². The number of amides is 1. The summed E-state index contributed by atoms with van der Waals surface area (Å²) >= 11 is 0. The summed E-state index contributed by atoms with van der Waals surface area (Å²) in [6, 6.07) is 6.29. The molecule has 1 aliphatic heterocycles. The molecule has 4 nitrogen and oxygen atoms in total. The van der Waals surface area contributed by atoms with Gasteiger partial charge in [-0.05, 0) is 36.5 Å². The van der Waals surface area contributed by atoms with Crippen LogP contribution in [0.15, 0.2) is 18.2 Å². The molecule has 124 valence electrons. The summed E-state index contributed by atoms with van der Waals surface area (Å²) < 4.78 is 5.50. The van der Waals surface area contributed by atoms with Crippen LogP contribution >= 0.6 is 12.4 Å². The van der Waals surface area contributed by atoms with E-state index in [4.69, 9.17) is 10.5 Å². The largest absolute Gasteiger partial charge is 0.493 e. The van der Waals surface area contributed by atoms with Gasteiger partial charge in [0.2, 0.25) is 5.91 Å². The highest BCUT2D eigenvalue weighted by atomic mass is 35.5. The molecule has 1 aromatic carbocycles. The number of nitrogens with one attached hydrogen (secondary N) is 1. The molecule has 0 unspecified atom stereocenters. The molecule has 2 rings (SSSR count). The smallest absolute Gasteiger partial charge is 0.227 e. The van der Waals surface area contributed by atoms with Gasteiger partial charge in [0.25, 0.3) is 0 Å². The molecule has 0 saturated carbocycles. The van der Waals surface area contributed by atoms with Gasteiger partial charge in [0, 0.05) is 19.5 Å². The van der Waals surface area contributed by atoms with E-state index in [-0.39, 0.29) is 18.3 Å².